The highest BCUT2D eigenvalue weighted by Crippen LogP contribution is 2.24. The van der Waals surface area contributed by atoms with Gasteiger partial charge >= 0.3 is 0 Å². The standard InChI is InChI=1S/C17H25N3O/c1-4-21-13-7-10-18-17-19-11-12-20(17)15(3)16-9-6-5-8-14(16)2/h5-6,8-9,11-12,15H,4,7,10,13H2,1-3H3,(H,18,19). The molecule has 0 radical (unpaired) electrons. The summed E-state index contributed by atoms with van der Waals surface area (Å²) >= 11 is 0. The van der Waals surface area contributed by atoms with Crippen molar-refractivity contribution in [2.45, 2.75) is 33.2 Å². The SMILES string of the molecule is CCOCCCNc1nccn1C(C)c1ccccc1C. The van der Waals surface area contributed by atoms with E-state index in [2.05, 4.69) is 53.0 Å². The van der Waals surface area contributed by atoms with Crippen molar-refractivity contribution in [2.24, 2.45) is 0 Å². The number of aromatic nitrogens is 2. The molecule has 1 heterocycles. The summed E-state index contributed by atoms with van der Waals surface area (Å²) in [5.41, 5.74) is 2.63. The van der Waals surface area contributed by atoms with E-state index in [9.17, 15) is 0 Å². The lowest BCUT2D eigenvalue weighted by atomic mass is 10.0. The first-order valence-corrected chi connectivity index (χ1v) is 7.64. The molecule has 2 aromatic rings. The van der Waals surface area contributed by atoms with E-state index in [0.29, 0.717) is 0 Å². The van der Waals surface area contributed by atoms with Crippen LogP contribution in [0.5, 0.6) is 0 Å². The molecule has 0 aliphatic carbocycles. The van der Waals surface area contributed by atoms with E-state index in [1.165, 1.54) is 11.1 Å². The van der Waals surface area contributed by atoms with Gasteiger partial charge in [0.25, 0.3) is 0 Å². The maximum Gasteiger partial charge on any atom is 0.203 e. The van der Waals surface area contributed by atoms with Gasteiger partial charge in [-0.05, 0) is 38.3 Å². The minimum atomic E-state index is 0.267. The first-order chi connectivity index (χ1) is 10.2. The predicted octanol–water partition coefficient (Wildman–Crippen LogP) is 3.64. The van der Waals surface area contributed by atoms with Gasteiger partial charge in [0.1, 0.15) is 0 Å². The predicted molar refractivity (Wildman–Crippen MR) is 86.8 cm³/mol. The van der Waals surface area contributed by atoms with Gasteiger partial charge in [-0.1, -0.05) is 24.3 Å². The van der Waals surface area contributed by atoms with Crippen molar-refractivity contribution in [3.05, 3.63) is 47.8 Å². The van der Waals surface area contributed by atoms with Crippen molar-refractivity contribution in [3.63, 3.8) is 0 Å². The Labute approximate surface area is 127 Å². The summed E-state index contributed by atoms with van der Waals surface area (Å²) in [6.07, 6.45) is 4.86. The number of hydrogen-bond donors (Lipinski definition) is 1. The average molecular weight is 287 g/mol. The lowest BCUT2D eigenvalue weighted by Crippen LogP contribution is -2.14. The van der Waals surface area contributed by atoms with Gasteiger partial charge in [-0.25, -0.2) is 4.98 Å². The smallest absolute Gasteiger partial charge is 0.203 e. The van der Waals surface area contributed by atoms with Crippen molar-refractivity contribution < 1.29 is 4.74 Å². The molecule has 0 amide bonds. The number of benzene rings is 1. The summed E-state index contributed by atoms with van der Waals surface area (Å²) in [6, 6.07) is 8.76. The van der Waals surface area contributed by atoms with Gasteiger partial charge in [-0.3, -0.25) is 0 Å². The fourth-order valence-electron chi connectivity index (χ4n) is 2.49. The monoisotopic (exact) mass is 287 g/mol. The second kappa shape index (κ2) is 7.84. The van der Waals surface area contributed by atoms with Crippen molar-refractivity contribution in [1.82, 2.24) is 9.55 Å². The first kappa shape index (κ1) is 15.6. The van der Waals surface area contributed by atoms with Gasteiger partial charge in [-0.15, -0.1) is 0 Å². The Morgan fingerprint density at radius 2 is 2.14 bits per heavy atom. The summed E-state index contributed by atoms with van der Waals surface area (Å²) in [6.45, 7) is 8.81. The molecule has 4 nitrogen and oxygen atoms in total. The summed E-state index contributed by atoms with van der Waals surface area (Å²) in [4.78, 5) is 4.42. The fraction of sp³-hybridized carbons (Fsp3) is 0.471. The molecule has 4 heteroatoms. The van der Waals surface area contributed by atoms with Gasteiger partial charge in [0.2, 0.25) is 5.95 Å². The number of anilines is 1. The maximum atomic E-state index is 5.35. The number of nitrogens with zero attached hydrogens (tertiary/aromatic N) is 2. The first-order valence-electron chi connectivity index (χ1n) is 7.64. The van der Waals surface area contributed by atoms with E-state index in [1.807, 2.05) is 19.3 Å². The Balaban J connectivity index is 2.01. The Bertz CT molecular complexity index is 550. The molecule has 0 spiro atoms. The Hall–Kier alpha value is -1.81. The third-order valence-corrected chi connectivity index (χ3v) is 3.68. The van der Waals surface area contributed by atoms with Crippen molar-refractivity contribution in [1.29, 1.82) is 0 Å². The molecule has 0 aliphatic rings. The van der Waals surface area contributed by atoms with Gasteiger partial charge in [-0.2, -0.15) is 0 Å². The van der Waals surface area contributed by atoms with Gasteiger partial charge in [0.15, 0.2) is 0 Å². The van der Waals surface area contributed by atoms with Crippen molar-refractivity contribution >= 4 is 5.95 Å². The van der Waals surface area contributed by atoms with Crippen LogP contribution in [0, 0.1) is 6.92 Å². The quantitative estimate of drug-likeness (QED) is 0.753. The highest BCUT2D eigenvalue weighted by atomic mass is 16.5. The molecule has 1 unspecified atom stereocenters. The normalized spacial score (nSPS) is 12.3. The number of aryl methyl sites for hydroxylation is 1. The average Bonchev–Trinajstić information content (AvgIpc) is 2.95. The number of ether oxygens (including phenoxy) is 1. The largest absolute Gasteiger partial charge is 0.382 e. The van der Waals surface area contributed by atoms with E-state index >= 15 is 0 Å². The second-order valence-electron chi connectivity index (χ2n) is 5.17. The highest BCUT2D eigenvalue weighted by Gasteiger charge is 2.13. The van der Waals surface area contributed by atoms with Crippen LogP contribution in [0.4, 0.5) is 5.95 Å². The Morgan fingerprint density at radius 1 is 1.33 bits per heavy atom. The molecule has 1 atom stereocenters. The van der Waals surface area contributed by atoms with Crippen molar-refractivity contribution in [3.8, 4) is 0 Å². The van der Waals surface area contributed by atoms with Crippen LogP contribution in [0.25, 0.3) is 0 Å². The van der Waals surface area contributed by atoms with Gasteiger partial charge < -0.3 is 14.6 Å². The zero-order valence-corrected chi connectivity index (χ0v) is 13.2. The zero-order chi connectivity index (χ0) is 15.1. The molecule has 1 N–H and O–H groups in total. The maximum absolute atomic E-state index is 5.35. The summed E-state index contributed by atoms with van der Waals surface area (Å²) in [5, 5.41) is 3.39. The summed E-state index contributed by atoms with van der Waals surface area (Å²) in [7, 11) is 0. The zero-order valence-electron chi connectivity index (χ0n) is 13.2. The molecule has 1 aromatic carbocycles. The van der Waals surface area contributed by atoms with Gasteiger partial charge in [0, 0.05) is 32.2 Å². The Kier molecular flexibility index (Phi) is 5.81. The Morgan fingerprint density at radius 3 is 2.90 bits per heavy atom. The molecular formula is C17H25N3O. The molecule has 2 rings (SSSR count). The van der Waals surface area contributed by atoms with Crippen molar-refractivity contribution in [2.75, 3.05) is 25.1 Å². The van der Waals surface area contributed by atoms with Crippen LogP contribution >= 0.6 is 0 Å². The van der Waals surface area contributed by atoms with E-state index < -0.39 is 0 Å². The summed E-state index contributed by atoms with van der Waals surface area (Å²) in [5.74, 6) is 0.919. The lowest BCUT2D eigenvalue weighted by Gasteiger charge is -2.19. The third kappa shape index (κ3) is 4.08. The molecular weight excluding hydrogens is 262 g/mol. The number of rotatable bonds is 8. The molecule has 0 fully saturated rings. The van der Waals surface area contributed by atoms with Crippen LogP contribution < -0.4 is 5.32 Å². The number of nitrogens with one attached hydrogen (secondary N) is 1. The van der Waals surface area contributed by atoms with E-state index in [-0.39, 0.29) is 6.04 Å². The molecule has 0 saturated heterocycles. The molecule has 1 aromatic heterocycles. The second-order valence-corrected chi connectivity index (χ2v) is 5.17. The van der Waals surface area contributed by atoms with Crippen LogP contribution in [0.1, 0.15) is 37.4 Å². The minimum Gasteiger partial charge on any atom is -0.382 e. The fourth-order valence-corrected chi connectivity index (χ4v) is 2.49. The minimum absolute atomic E-state index is 0.267. The molecule has 0 bridgehead atoms. The lowest BCUT2D eigenvalue weighted by molar-refractivity contribution is 0.147. The summed E-state index contributed by atoms with van der Waals surface area (Å²) < 4.78 is 7.53. The highest BCUT2D eigenvalue weighted by molar-refractivity contribution is 5.34. The van der Waals surface area contributed by atoms with Crippen LogP contribution in [0.2, 0.25) is 0 Å². The molecule has 0 aliphatic heterocycles. The van der Waals surface area contributed by atoms with Crippen LogP contribution in [-0.2, 0) is 4.74 Å². The van der Waals surface area contributed by atoms with Crippen LogP contribution in [-0.4, -0.2) is 29.3 Å². The molecule has 21 heavy (non-hydrogen) atoms. The van der Waals surface area contributed by atoms with E-state index in [4.69, 9.17) is 4.74 Å². The van der Waals surface area contributed by atoms with Gasteiger partial charge in [0.05, 0.1) is 6.04 Å². The molecule has 0 saturated carbocycles. The van der Waals surface area contributed by atoms with E-state index in [0.717, 1.165) is 32.1 Å². The van der Waals surface area contributed by atoms with Crippen LogP contribution in [0.15, 0.2) is 36.7 Å². The number of hydrogen-bond acceptors (Lipinski definition) is 3. The van der Waals surface area contributed by atoms with Crippen LogP contribution in [0.3, 0.4) is 0 Å². The third-order valence-electron chi connectivity index (χ3n) is 3.68. The molecule has 114 valence electrons. The number of imidazole rings is 1. The topological polar surface area (TPSA) is 39.1 Å². The van der Waals surface area contributed by atoms with E-state index in [1.54, 1.807) is 0 Å².